The van der Waals surface area contributed by atoms with E-state index in [0.717, 1.165) is 24.5 Å². The summed E-state index contributed by atoms with van der Waals surface area (Å²) in [7, 11) is 0. The topological polar surface area (TPSA) is 38.5 Å². The van der Waals surface area contributed by atoms with Crippen LogP contribution >= 0.6 is 0 Å². The molecule has 0 aliphatic rings. The minimum absolute atomic E-state index is 0.548. The van der Waals surface area contributed by atoms with Gasteiger partial charge in [0, 0.05) is 19.6 Å². The Bertz CT molecular complexity index is 285. The number of nitrogens with two attached hydrogens (primary N) is 1. The monoisotopic (exact) mass is 208 g/mol. The third-order valence-electron chi connectivity index (χ3n) is 2.34. The molecule has 0 bridgehead atoms. The zero-order chi connectivity index (χ0) is 11.1. The Morgan fingerprint density at radius 1 is 1.20 bits per heavy atom. The summed E-state index contributed by atoms with van der Waals surface area (Å²) < 4.78 is 5.60. The molecule has 0 spiro atoms. The number of para-hydroxylation sites is 2. The molecule has 0 aliphatic heterocycles. The predicted octanol–water partition coefficient (Wildman–Crippen LogP) is 1.87. The minimum atomic E-state index is 0.548. The molecule has 0 saturated carbocycles. The molecule has 1 aromatic carbocycles. The number of hydrogen-bond acceptors (Lipinski definition) is 3. The van der Waals surface area contributed by atoms with Crippen LogP contribution in [0.5, 0.6) is 5.75 Å². The molecule has 0 fully saturated rings. The molecule has 0 aliphatic carbocycles. The Kier molecular flexibility index (Phi) is 4.98. The lowest BCUT2D eigenvalue weighted by atomic mass is 10.2. The molecular weight excluding hydrogens is 188 g/mol. The summed E-state index contributed by atoms with van der Waals surface area (Å²) in [6, 6.07) is 8.09. The first-order valence-corrected chi connectivity index (χ1v) is 5.50. The van der Waals surface area contributed by atoms with Crippen LogP contribution in [0.15, 0.2) is 24.3 Å². The molecule has 0 saturated heterocycles. The molecule has 0 aromatic heterocycles. The SMILES string of the molecule is CCN(CC)c1ccccc1OCCN. The van der Waals surface area contributed by atoms with E-state index in [1.54, 1.807) is 0 Å². The summed E-state index contributed by atoms with van der Waals surface area (Å²) in [4.78, 5) is 2.27. The molecule has 0 heterocycles. The fourth-order valence-electron chi connectivity index (χ4n) is 1.57. The van der Waals surface area contributed by atoms with Gasteiger partial charge in [-0.3, -0.25) is 0 Å². The van der Waals surface area contributed by atoms with Gasteiger partial charge in [-0.15, -0.1) is 0 Å². The summed E-state index contributed by atoms with van der Waals surface area (Å²) in [5.74, 6) is 0.923. The molecule has 3 heteroatoms. The van der Waals surface area contributed by atoms with E-state index in [9.17, 15) is 0 Å². The molecule has 0 atom stereocenters. The molecule has 0 unspecified atom stereocenters. The molecule has 3 nitrogen and oxygen atoms in total. The molecule has 1 aromatic rings. The first kappa shape index (κ1) is 11.9. The highest BCUT2D eigenvalue weighted by Crippen LogP contribution is 2.27. The van der Waals surface area contributed by atoms with Crippen LogP contribution in [0.3, 0.4) is 0 Å². The van der Waals surface area contributed by atoms with Crippen molar-refractivity contribution in [1.82, 2.24) is 0 Å². The molecule has 84 valence electrons. The second kappa shape index (κ2) is 6.30. The maximum absolute atomic E-state index is 5.60. The normalized spacial score (nSPS) is 10.1. The highest BCUT2D eigenvalue weighted by atomic mass is 16.5. The fourth-order valence-corrected chi connectivity index (χ4v) is 1.57. The van der Waals surface area contributed by atoms with Crippen molar-refractivity contribution in [3.05, 3.63) is 24.3 Å². The molecule has 2 N–H and O–H groups in total. The average molecular weight is 208 g/mol. The third kappa shape index (κ3) is 3.13. The average Bonchev–Trinajstić information content (AvgIpc) is 2.29. The van der Waals surface area contributed by atoms with E-state index in [1.165, 1.54) is 0 Å². The first-order chi connectivity index (χ1) is 7.33. The summed E-state index contributed by atoms with van der Waals surface area (Å²) in [5.41, 5.74) is 6.58. The van der Waals surface area contributed by atoms with Crippen molar-refractivity contribution in [2.24, 2.45) is 5.73 Å². The van der Waals surface area contributed by atoms with Crippen LogP contribution in [0.4, 0.5) is 5.69 Å². The lowest BCUT2D eigenvalue weighted by molar-refractivity contribution is 0.328. The molecular formula is C12H20N2O. The maximum Gasteiger partial charge on any atom is 0.142 e. The molecule has 0 radical (unpaired) electrons. The largest absolute Gasteiger partial charge is 0.490 e. The highest BCUT2D eigenvalue weighted by Gasteiger charge is 2.07. The van der Waals surface area contributed by atoms with E-state index in [1.807, 2.05) is 18.2 Å². The van der Waals surface area contributed by atoms with Gasteiger partial charge in [0.15, 0.2) is 0 Å². The molecule has 15 heavy (non-hydrogen) atoms. The Morgan fingerprint density at radius 3 is 2.47 bits per heavy atom. The van der Waals surface area contributed by atoms with Gasteiger partial charge >= 0.3 is 0 Å². The van der Waals surface area contributed by atoms with Gasteiger partial charge in [-0.05, 0) is 26.0 Å². The fraction of sp³-hybridized carbons (Fsp3) is 0.500. The van der Waals surface area contributed by atoms with Crippen LogP contribution in [-0.2, 0) is 0 Å². The second-order valence-corrected chi connectivity index (χ2v) is 3.28. The zero-order valence-electron chi connectivity index (χ0n) is 9.57. The molecule has 1 rings (SSSR count). The zero-order valence-corrected chi connectivity index (χ0v) is 9.57. The Labute approximate surface area is 91.8 Å². The van der Waals surface area contributed by atoms with Gasteiger partial charge in [-0.1, -0.05) is 12.1 Å². The summed E-state index contributed by atoms with van der Waals surface area (Å²) in [6.45, 7) is 7.37. The summed E-state index contributed by atoms with van der Waals surface area (Å²) in [5, 5.41) is 0. The van der Waals surface area contributed by atoms with Crippen molar-refractivity contribution >= 4 is 5.69 Å². The van der Waals surface area contributed by atoms with Crippen LogP contribution in [-0.4, -0.2) is 26.2 Å². The maximum atomic E-state index is 5.60. The van der Waals surface area contributed by atoms with Crippen LogP contribution in [0.25, 0.3) is 0 Å². The van der Waals surface area contributed by atoms with Crippen molar-refractivity contribution < 1.29 is 4.74 Å². The van der Waals surface area contributed by atoms with E-state index in [0.29, 0.717) is 13.2 Å². The van der Waals surface area contributed by atoms with Gasteiger partial charge in [-0.25, -0.2) is 0 Å². The van der Waals surface area contributed by atoms with Crippen molar-refractivity contribution in [1.29, 1.82) is 0 Å². The van der Waals surface area contributed by atoms with Gasteiger partial charge in [-0.2, -0.15) is 0 Å². The Hall–Kier alpha value is -1.22. The van der Waals surface area contributed by atoms with Gasteiger partial charge in [0.2, 0.25) is 0 Å². The number of benzene rings is 1. The third-order valence-corrected chi connectivity index (χ3v) is 2.34. The Balaban J connectivity index is 2.84. The van der Waals surface area contributed by atoms with Crippen molar-refractivity contribution in [3.63, 3.8) is 0 Å². The van der Waals surface area contributed by atoms with Gasteiger partial charge in [0.25, 0.3) is 0 Å². The van der Waals surface area contributed by atoms with Crippen LogP contribution in [0.2, 0.25) is 0 Å². The highest BCUT2D eigenvalue weighted by molar-refractivity contribution is 5.58. The Morgan fingerprint density at radius 2 is 1.87 bits per heavy atom. The van der Waals surface area contributed by atoms with Crippen LogP contribution in [0, 0.1) is 0 Å². The van der Waals surface area contributed by atoms with Crippen LogP contribution < -0.4 is 15.4 Å². The standard InChI is InChI=1S/C12H20N2O/c1-3-14(4-2)11-7-5-6-8-12(11)15-10-9-13/h5-8H,3-4,9-10,13H2,1-2H3. The first-order valence-electron chi connectivity index (χ1n) is 5.50. The predicted molar refractivity (Wildman–Crippen MR) is 64.6 cm³/mol. The smallest absolute Gasteiger partial charge is 0.142 e. The van der Waals surface area contributed by atoms with E-state index >= 15 is 0 Å². The van der Waals surface area contributed by atoms with Crippen molar-refractivity contribution in [2.75, 3.05) is 31.1 Å². The number of ether oxygens (including phenoxy) is 1. The van der Waals surface area contributed by atoms with E-state index in [4.69, 9.17) is 10.5 Å². The van der Waals surface area contributed by atoms with E-state index in [2.05, 4.69) is 24.8 Å². The lowest BCUT2D eigenvalue weighted by Crippen LogP contribution is -2.23. The number of hydrogen-bond donors (Lipinski definition) is 1. The summed E-state index contributed by atoms with van der Waals surface area (Å²) in [6.07, 6.45) is 0. The van der Waals surface area contributed by atoms with Crippen molar-refractivity contribution in [3.8, 4) is 5.75 Å². The van der Waals surface area contributed by atoms with Gasteiger partial charge < -0.3 is 15.4 Å². The van der Waals surface area contributed by atoms with Crippen molar-refractivity contribution in [2.45, 2.75) is 13.8 Å². The lowest BCUT2D eigenvalue weighted by Gasteiger charge is -2.23. The van der Waals surface area contributed by atoms with E-state index in [-0.39, 0.29) is 0 Å². The number of nitrogens with zero attached hydrogens (tertiary/aromatic N) is 1. The number of rotatable bonds is 6. The number of anilines is 1. The quantitative estimate of drug-likeness (QED) is 0.775. The van der Waals surface area contributed by atoms with E-state index < -0.39 is 0 Å². The second-order valence-electron chi connectivity index (χ2n) is 3.28. The van der Waals surface area contributed by atoms with Crippen LogP contribution in [0.1, 0.15) is 13.8 Å². The minimum Gasteiger partial charge on any atom is -0.490 e. The van der Waals surface area contributed by atoms with Gasteiger partial charge in [0.1, 0.15) is 12.4 Å². The van der Waals surface area contributed by atoms with Gasteiger partial charge in [0.05, 0.1) is 5.69 Å². The summed E-state index contributed by atoms with van der Waals surface area (Å²) >= 11 is 0. The molecule has 0 amide bonds.